The van der Waals surface area contributed by atoms with Gasteiger partial charge in [-0.25, -0.2) is 9.97 Å². The van der Waals surface area contributed by atoms with Crippen LogP contribution in [0.2, 0.25) is 0 Å². The Bertz CT molecular complexity index is 792. The zero-order valence-corrected chi connectivity index (χ0v) is 14.1. The van der Waals surface area contributed by atoms with Gasteiger partial charge in [0.15, 0.2) is 0 Å². The molecule has 4 heterocycles. The Hall–Kier alpha value is -1.08. The summed E-state index contributed by atoms with van der Waals surface area (Å²) in [6, 6.07) is 4.57. The maximum absolute atomic E-state index is 4.34. The fourth-order valence-corrected chi connectivity index (χ4v) is 6.11. The standard InChI is InChI=1S/C14H10N2S4/c1-7-15-5-13(17-7)11-3-9-10(19-11)4-12(20-9)14-6-16-8(2)18-14/h3-6H,1-2H3. The third kappa shape index (κ3) is 2.13. The fraction of sp³-hybridized carbons (Fsp3) is 0.143. The van der Waals surface area contributed by atoms with E-state index in [2.05, 4.69) is 22.1 Å². The van der Waals surface area contributed by atoms with Gasteiger partial charge in [-0.15, -0.1) is 45.3 Å². The number of thiophene rings is 2. The first-order valence-corrected chi connectivity index (χ1v) is 9.34. The summed E-state index contributed by atoms with van der Waals surface area (Å²) < 4.78 is 2.72. The summed E-state index contributed by atoms with van der Waals surface area (Å²) in [6.07, 6.45) is 3.95. The number of hydrogen-bond acceptors (Lipinski definition) is 6. The summed E-state index contributed by atoms with van der Waals surface area (Å²) in [6.45, 7) is 4.10. The minimum absolute atomic E-state index is 1.12. The highest BCUT2D eigenvalue weighted by atomic mass is 32.1. The van der Waals surface area contributed by atoms with Crippen LogP contribution in [0.25, 0.3) is 28.9 Å². The SMILES string of the molecule is Cc1ncc(-c2cc3sc(-c4cnc(C)s4)cc3s2)s1. The van der Waals surface area contributed by atoms with Crippen molar-refractivity contribution in [3.63, 3.8) is 0 Å². The molecule has 0 spiro atoms. The van der Waals surface area contributed by atoms with Gasteiger partial charge in [-0.3, -0.25) is 0 Å². The molecular formula is C14H10N2S4. The van der Waals surface area contributed by atoms with Crippen molar-refractivity contribution in [2.75, 3.05) is 0 Å². The molecule has 0 saturated carbocycles. The van der Waals surface area contributed by atoms with Crippen LogP contribution in [0.15, 0.2) is 24.5 Å². The van der Waals surface area contributed by atoms with Crippen LogP contribution >= 0.6 is 45.3 Å². The molecule has 0 fully saturated rings. The van der Waals surface area contributed by atoms with Gasteiger partial charge in [-0.2, -0.15) is 0 Å². The summed E-state index contributed by atoms with van der Waals surface area (Å²) in [4.78, 5) is 13.9. The molecule has 2 nitrogen and oxygen atoms in total. The van der Waals surface area contributed by atoms with Crippen LogP contribution in [0.5, 0.6) is 0 Å². The van der Waals surface area contributed by atoms with E-state index in [1.165, 1.54) is 28.9 Å². The topological polar surface area (TPSA) is 25.8 Å². The van der Waals surface area contributed by atoms with Crippen molar-refractivity contribution in [1.82, 2.24) is 9.97 Å². The molecule has 20 heavy (non-hydrogen) atoms. The average molecular weight is 335 g/mol. The van der Waals surface area contributed by atoms with Crippen molar-refractivity contribution in [2.24, 2.45) is 0 Å². The normalized spacial score (nSPS) is 11.5. The third-order valence-electron chi connectivity index (χ3n) is 2.94. The van der Waals surface area contributed by atoms with E-state index in [4.69, 9.17) is 0 Å². The summed E-state index contributed by atoms with van der Waals surface area (Å²) in [5.41, 5.74) is 0. The first-order chi connectivity index (χ1) is 9.69. The van der Waals surface area contributed by atoms with E-state index in [9.17, 15) is 0 Å². The van der Waals surface area contributed by atoms with Crippen molar-refractivity contribution in [3.05, 3.63) is 34.5 Å². The molecule has 4 aromatic heterocycles. The Balaban J connectivity index is 1.77. The molecule has 0 unspecified atom stereocenters. The molecule has 0 atom stereocenters. The van der Waals surface area contributed by atoms with Gasteiger partial charge in [-0.05, 0) is 26.0 Å². The largest absolute Gasteiger partial charge is 0.249 e. The van der Waals surface area contributed by atoms with Crippen LogP contribution in [0.1, 0.15) is 10.0 Å². The van der Waals surface area contributed by atoms with Crippen LogP contribution in [-0.4, -0.2) is 9.97 Å². The molecule has 0 N–H and O–H groups in total. The van der Waals surface area contributed by atoms with Gasteiger partial charge in [-0.1, -0.05) is 0 Å². The molecule has 4 aromatic rings. The van der Waals surface area contributed by atoms with Gasteiger partial charge < -0.3 is 0 Å². The number of nitrogens with zero attached hydrogens (tertiary/aromatic N) is 2. The smallest absolute Gasteiger partial charge is 0.0900 e. The molecule has 0 amide bonds. The Kier molecular flexibility index (Phi) is 2.99. The van der Waals surface area contributed by atoms with E-state index < -0.39 is 0 Å². The first kappa shape index (κ1) is 12.6. The molecule has 0 aromatic carbocycles. The maximum atomic E-state index is 4.34. The van der Waals surface area contributed by atoms with E-state index in [-0.39, 0.29) is 0 Å². The third-order valence-corrected chi connectivity index (χ3v) is 7.45. The quantitative estimate of drug-likeness (QED) is 0.461. The molecule has 0 aliphatic rings. The van der Waals surface area contributed by atoms with Gasteiger partial charge in [0.05, 0.1) is 19.8 Å². The lowest BCUT2D eigenvalue weighted by Gasteiger charge is -1.88. The highest BCUT2D eigenvalue weighted by Crippen LogP contribution is 2.43. The van der Waals surface area contributed by atoms with Crippen molar-refractivity contribution in [3.8, 4) is 19.5 Å². The summed E-state index contributed by atoms with van der Waals surface area (Å²) in [5, 5.41) is 2.25. The van der Waals surface area contributed by atoms with Crippen LogP contribution in [0.3, 0.4) is 0 Å². The first-order valence-electron chi connectivity index (χ1n) is 6.08. The summed E-state index contributed by atoms with van der Waals surface area (Å²) >= 11 is 7.22. The predicted octanol–water partition coefficient (Wildman–Crippen LogP) is 5.83. The van der Waals surface area contributed by atoms with Crippen LogP contribution in [0.4, 0.5) is 0 Å². The van der Waals surface area contributed by atoms with E-state index in [1.54, 1.807) is 22.7 Å². The summed E-state index contributed by atoms with van der Waals surface area (Å²) in [7, 11) is 0. The van der Waals surface area contributed by atoms with Gasteiger partial charge >= 0.3 is 0 Å². The highest BCUT2D eigenvalue weighted by molar-refractivity contribution is 7.33. The molecule has 0 aliphatic heterocycles. The Morgan fingerprint density at radius 1 is 0.650 bits per heavy atom. The molecular weight excluding hydrogens is 324 g/mol. The van der Waals surface area contributed by atoms with Crippen molar-refractivity contribution in [1.29, 1.82) is 0 Å². The molecule has 0 radical (unpaired) electrons. The van der Waals surface area contributed by atoms with E-state index in [0.29, 0.717) is 0 Å². The lowest BCUT2D eigenvalue weighted by atomic mass is 10.4. The minimum Gasteiger partial charge on any atom is -0.249 e. The molecule has 0 aliphatic carbocycles. The van der Waals surface area contributed by atoms with E-state index in [0.717, 1.165) is 10.0 Å². The number of aryl methyl sites for hydroxylation is 2. The van der Waals surface area contributed by atoms with Gasteiger partial charge in [0.1, 0.15) is 0 Å². The number of thiazole rings is 2. The number of hydrogen-bond donors (Lipinski definition) is 0. The number of rotatable bonds is 2. The van der Waals surface area contributed by atoms with Crippen molar-refractivity contribution < 1.29 is 0 Å². The monoisotopic (exact) mass is 334 g/mol. The van der Waals surface area contributed by atoms with Crippen molar-refractivity contribution in [2.45, 2.75) is 13.8 Å². The molecule has 0 saturated heterocycles. The molecule has 100 valence electrons. The summed E-state index contributed by atoms with van der Waals surface area (Å²) in [5.74, 6) is 0. The average Bonchev–Trinajstić information content (AvgIpc) is 3.09. The van der Waals surface area contributed by atoms with Crippen LogP contribution in [0, 0.1) is 13.8 Å². The zero-order valence-electron chi connectivity index (χ0n) is 10.8. The fourth-order valence-electron chi connectivity index (χ4n) is 2.03. The second kappa shape index (κ2) is 4.73. The molecule has 4 rings (SSSR count). The molecule has 0 bridgehead atoms. The number of aromatic nitrogens is 2. The van der Waals surface area contributed by atoms with Crippen molar-refractivity contribution >= 4 is 54.7 Å². The lowest BCUT2D eigenvalue weighted by molar-refractivity contribution is 1.30. The second-order valence-electron chi connectivity index (χ2n) is 4.44. The van der Waals surface area contributed by atoms with Gasteiger partial charge in [0.25, 0.3) is 0 Å². The lowest BCUT2D eigenvalue weighted by Crippen LogP contribution is -1.60. The van der Waals surface area contributed by atoms with Crippen LogP contribution < -0.4 is 0 Å². The predicted molar refractivity (Wildman–Crippen MR) is 91.4 cm³/mol. The Morgan fingerprint density at radius 3 is 1.45 bits per heavy atom. The van der Waals surface area contributed by atoms with Crippen LogP contribution in [-0.2, 0) is 0 Å². The Morgan fingerprint density at radius 2 is 1.10 bits per heavy atom. The van der Waals surface area contributed by atoms with E-state index in [1.807, 2.05) is 48.9 Å². The minimum atomic E-state index is 1.12. The second-order valence-corrected chi connectivity index (χ2v) is 9.07. The zero-order chi connectivity index (χ0) is 13.7. The Labute approximate surface area is 132 Å². The van der Waals surface area contributed by atoms with Gasteiger partial charge in [0.2, 0.25) is 0 Å². The van der Waals surface area contributed by atoms with Gasteiger partial charge in [0, 0.05) is 31.5 Å². The van der Waals surface area contributed by atoms with E-state index >= 15 is 0 Å². The maximum Gasteiger partial charge on any atom is 0.0900 e. The molecule has 6 heteroatoms. The highest BCUT2D eigenvalue weighted by Gasteiger charge is 2.12. The number of fused-ring (bicyclic) bond motifs is 1.